The summed E-state index contributed by atoms with van der Waals surface area (Å²) in [5.74, 6) is 0.0240. The number of amides is 1. The number of morpholine rings is 1. The molecule has 0 aromatic heterocycles. The number of piperidine rings is 1. The second-order valence-corrected chi connectivity index (χ2v) is 9.56. The summed E-state index contributed by atoms with van der Waals surface area (Å²) in [6, 6.07) is 15.0. The first kappa shape index (κ1) is 26.4. The first-order chi connectivity index (χ1) is 17.4. The zero-order chi connectivity index (χ0) is 25.4. The Labute approximate surface area is 210 Å². The number of hydrogen-bond acceptors (Lipinski definition) is 5. The lowest BCUT2D eigenvalue weighted by Crippen LogP contribution is -2.48. The fourth-order valence-electron chi connectivity index (χ4n) is 4.87. The first-order valence-corrected chi connectivity index (χ1v) is 12.5. The summed E-state index contributed by atoms with van der Waals surface area (Å²) < 4.78 is 50.4. The predicted octanol–water partition coefficient (Wildman–Crippen LogP) is 3.67. The predicted molar refractivity (Wildman–Crippen MR) is 131 cm³/mol. The smallest absolute Gasteiger partial charge is 0.416 e. The van der Waals surface area contributed by atoms with Gasteiger partial charge < -0.3 is 14.8 Å². The molecule has 2 aliphatic heterocycles. The Morgan fingerprint density at radius 3 is 2.56 bits per heavy atom. The Morgan fingerprint density at radius 2 is 1.81 bits per heavy atom. The number of nitrogens with one attached hydrogen (secondary N) is 1. The summed E-state index contributed by atoms with van der Waals surface area (Å²) in [4.78, 5) is 17.6. The van der Waals surface area contributed by atoms with E-state index in [9.17, 15) is 18.0 Å². The third-order valence-corrected chi connectivity index (χ3v) is 6.71. The summed E-state index contributed by atoms with van der Waals surface area (Å²) in [6.45, 7) is 6.87. The molecule has 4 rings (SSSR count). The molecule has 196 valence electrons. The van der Waals surface area contributed by atoms with Crippen molar-refractivity contribution in [2.75, 3.05) is 59.1 Å². The van der Waals surface area contributed by atoms with Crippen molar-refractivity contribution in [3.05, 3.63) is 65.7 Å². The monoisotopic (exact) mass is 505 g/mol. The van der Waals surface area contributed by atoms with Crippen LogP contribution in [-0.4, -0.2) is 74.8 Å². The molecule has 36 heavy (non-hydrogen) atoms. The highest BCUT2D eigenvalue weighted by Crippen LogP contribution is 2.32. The lowest BCUT2D eigenvalue weighted by molar-refractivity contribution is -0.137. The van der Waals surface area contributed by atoms with E-state index < -0.39 is 11.7 Å². The summed E-state index contributed by atoms with van der Waals surface area (Å²) >= 11 is 0. The number of rotatable bonds is 9. The van der Waals surface area contributed by atoms with E-state index in [-0.39, 0.29) is 30.1 Å². The molecule has 0 spiro atoms. The number of carbonyl (C=O) groups is 1. The lowest BCUT2D eigenvalue weighted by atomic mass is 9.88. The van der Waals surface area contributed by atoms with Gasteiger partial charge in [-0.1, -0.05) is 36.4 Å². The van der Waals surface area contributed by atoms with Gasteiger partial charge in [-0.2, -0.15) is 13.2 Å². The standard InChI is InChI=1S/C27H34F3N3O3/c28-27(29,30)24-7-4-8-25(16-24)36-20-22-15-23(19-33(18-22)17-21-5-2-1-3-6-21)26(34)31-9-10-32-11-13-35-14-12-32/h1-8,16,22-23H,9-15,17-20H2,(H,31,34)/t22-,23+/m0/s1. The average Bonchev–Trinajstić information content (AvgIpc) is 2.88. The van der Waals surface area contributed by atoms with Crippen LogP contribution in [0.2, 0.25) is 0 Å². The summed E-state index contributed by atoms with van der Waals surface area (Å²) in [5, 5.41) is 3.09. The van der Waals surface area contributed by atoms with Crippen molar-refractivity contribution in [2.45, 2.75) is 19.1 Å². The summed E-state index contributed by atoms with van der Waals surface area (Å²) in [6.07, 6.45) is -3.78. The highest BCUT2D eigenvalue weighted by atomic mass is 19.4. The molecule has 0 saturated carbocycles. The molecule has 2 heterocycles. The highest BCUT2D eigenvalue weighted by molar-refractivity contribution is 5.79. The molecule has 1 N–H and O–H groups in total. The van der Waals surface area contributed by atoms with E-state index in [4.69, 9.17) is 9.47 Å². The number of carbonyl (C=O) groups excluding carboxylic acids is 1. The average molecular weight is 506 g/mol. The molecule has 2 aliphatic rings. The fourth-order valence-corrected chi connectivity index (χ4v) is 4.87. The maximum atomic E-state index is 13.1. The third-order valence-electron chi connectivity index (χ3n) is 6.71. The van der Waals surface area contributed by atoms with Gasteiger partial charge in [-0.05, 0) is 30.2 Å². The Bertz CT molecular complexity index is 967. The minimum atomic E-state index is -4.42. The van der Waals surface area contributed by atoms with Crippen molar-refractivity contribution in [2.24, 2.45) is 11.8 Å². The van der Waals surface area contributed by atoms with Crippen LogP contribution in [-0.2, 0) is 22.3 Å². The molecule has 6 nitrogen and oxygen atoms in total. The Balaban J connectivity index is 1.36. The minimum absolute atomic E-state index is 0.0186. The van der Waals surface area contributed by atoms with Crippen LogP contribution in [0.15, 0.2) is 54.6 Å². The maximum Gasteiger partial charge on any atom is 0.416 e. The van der Waals surface area contributed by atoms with Gasteiger partial charge in [0.1, 0.15) is 5.75 Å². The number of halogens is 3. The van der Waals surface area contributed by atoms with Crippen LogP contribution in [0, 0.1) is 11.8 Å². The first-order valence-electron chi connectivity index (χ1n) is 12.5. The maximum absolute atomic E-state index is 13.1. The van der Waals surface area contributed by atoms with Crippen molar-refractivity contribution >= 4 is 5.91 Å². The Morgan fingerprint density at radius 1 is 1.03 bits per heavy atom. The largest absolute Gasteiger partial charge is 0.493 e. The molecule has 9 heteroatoms. The van der Waals surface area contributed by atoms with Crippen LogP contribution in [0.1, 0.15) is 17.5 Å². The molecule has 2 aromatic rings. The van der Waals surface area contributed by atoms with E-state index in [1.807, 2.05) is 18.2 Å². The molecule has 1 amide bonds. The molecule has 2 aromatic carbocycles. The van der Waals surface area contributed by atoms with Gasteiger partial charge in [0.15, 0.2) is 0 Å². The van der Waals surface area contributed by atoms with Gasteiger partial charge in [0.25, 0.3) is 0 Å². The van der Waals surface area contributed by atoms with Crippen molar-refractivity contribution in [3.8, 4) is 5.75 Å². The third kappa shape index (κ3) is 7.94. The van der Waals surface area contributed by atoms with Crippen LogP contribution in [0.25, 0.3) is 0 Å². The van der Waals surface area contributed by atoms with Gasteiger partial charge in [0, 0.05) is 51.7 Å². The zero-order valence-electron chi connectivity index (χ0n) is 20.4. The fraction of sp³-hybridized carbons (Fsp3) is 0.519. The molecular formula is C27H34F3N3O3. The van der Waals surface area contributed by atoms with Crippen molar-refractivity contribution < 1.29 is 27.4 Å². The zero-order valence-corrected chi connectivity index (χ0v) is 20.4. The van der Waals surface area contributed by atoms with Gasteiger partial charge in [-0.25, -0.2) is 0 Å². The van der Waals surface area contributed by atoms with Gasteiger partial charge in [-0.3, -0.25) is 14.6 Å². The summed E-state index contributed by atoms with van der Waals surface area (Å²) in [7, 11) is 0. The molecule has 2 saturated heterocycles. The van der Waals surface area contributed by atoms with Gasteiger partial charge in [0.2, 0.25) is 5.91 Å². The molecular weight excluding hydrogens is 471 g/mol. The second-order valence-electron chi connectivity index (χ2n) is 9.56. The van der Waals surface area contributed by atoms with E-state index in [1.165, 1.54) is 12.1 Å². The molecule has 0 bridgehead atoms. The van der Waals surface area contributed by atoms with E-state index in [0.717, 1.165) is 50.5 Å². The summed E-state index contributed by atoms with van der Waals surface area (Å²) in [5.41, 5.74) is 0.426. The number of ether oxygens (including phenoxy) is 2. The normalized spacial score (nSPS) is 21.8. The second kappa shape index (κ2) is 12.6. The van der Waals surface area contributed by atoms with Crippen LogP contribution in [0.3, 0.4) is 0 Å². The van der Waals surface area contributed by atoms with Crippen LogP contribution < -0.4 is 10.1 Å². The Kier molecular flexibility index (Phi) is 9.23. The number of alkyl halides is 3. The lowest BCUT2D eigenvalue weighted by Gasteiger charge is -2.37. The quantitative estimate of drug-likeness (QED) is 0.564. The van der Waals surface area contributed by atoms with Crippen LogP contribution >= 0.6 is 0 Å². The van der Waals surface area contributed by atoms with Crippen molar-refractivity contribution in [3.63, 3.8) is 0 Å². The molecule has 0 radical (unpaired) electrons. The molecule has 2 fully saturated rings. The number of benzene rings is 2. The van der Waals surface area contributed by atoms with E-state index in [1.54, 1.807) is 0 Å². The van der Waals surface area contributed by atoms with Crippen molar-refractivity contribution in [1.29, 1.82) is 0 Å². The van der Waals surface area contributed by atoms with E-state index in [2.05, 4.69) is 27.2 Å². The van der Waals surface area contributed by atoms with Gasteiger partial charge >= 0.3 is 6.18 Å². The Hall–Kier alpha value is -2.62. The minimum Gasteiger partial charge on any atom is -0.493 e. The highest BCUT2D eigenvalue weighted by Gasteiger charge is 2.33. The van der Waals surface area contributed by atoms with Crippen LogP contribution in [0.4, 0.5) is 13.2 Å². The number of hydrogen-bond donors (Lipinski definition) is 1. The van der Waals surface area contributed by atoms with Crippen molar-refractivity contribution in [1.82, 2.24) is 15.1 Å². The van der Waals surface area contributed by atoms with Crippen LogP contribution in [0.5, 0.6) is 5.75 Å². The number of nitrogens with zero attached hydrogens (tertiary/aromatic N) is 2. The molecule has 0 unspecified atom stereocenters. The van der Waals surface area contributed by atoms with E-state index in [0.29, 0.717) is 32.6 Å². The molecule has 0 aliphatic carbocycles. The SMILES string of the molecule is O=C(NCCN1CCOCC1)[C@@H]1C[C@H](COc2cccc(C(F)(F)F)c2)CN(Cc2ccccc2)C1. The van der Waals surface area contributed by atoms with Gasteiger partial charge in [0.05, 0.1) is 31.3 Å². The topological polar surface area (TPSA) is 54.0 Å². The molecule has 2 atom stereocenters. The van der Waals surface area contributed by atoms with E-state index >= 15 is 0 Å². The number of likely N-dealkylation sites (tertiary alicyclic amines) is 1. The van der Waals surface area contributed by atoms with Gasteiger partial charge in [-0.15, -0.1) is 0 Å².